The van der Waals surface area contributed by atoms with Crippen LogP contribution in [-0.2, 0) is 13.1 Å². The number of hydrogen-bond acceptors (Lipinski definition) is 4. The molecule has 1 N–H and O–H groups in total. The lowest BCUT2D eigenvalue weighted by atomic mass is 10.2. The zero-order valence-corrected chi connectivity index (χ0v) is 13.2. The lowest BCUT2D eigenvalue weighted by molar-refractivity contribution is 0.173. The molecule has 0 spiro atoms. The SMILES string of the molecule is CCN(Cc1ccc2c(c1)OCO2)C(=O)NCc1cccs1. The van der Waals surface area contributed by atoms with Crippen molar-refractivity contribution in [2.75, 3.05) is 13.3 Å². The van der Waals surface area contributed by atoms with Crippen molar-refractivity contribution in [2.45, 2.75) is 20.0 Å². The summed E-state index contributed by atoms with van der Waals surface area (Å²) in [6.07, 6.45) is 0. The fourth-order valence-electron chi connectivity index (χ4n) is 2.27. The first-order valence-electron chi connectivity index (χ1n) is 7.20. The van der Waals surface area contributed by atoms with Gasteiger partial charge in [0.2, 0.25) is 6.79 Å². The van der Waals surface area contributed by atoms with E-state index >= 15 is 0 Å². The molecule has 2 amide bonds. The highest BCUT2D eigenvalue weighted by atomic mass is 32.1. The Kier molecular flexibility index (Phi) is 4.48. The van der Waals surface area contributed by atoms with Crippen LogP contribution < -0.4 is 14.8 Å². The van der Waals surface area contributed by atoms with Crippen molar-refractivity contribution in [1.82, 2.24) is 10.2 Å². The van der Waals surface area contributed by atoms with Crippen LogP contribution in [0, 0.1) is 0 Å². The highest BCUT2D eigenvalue weighted by molar-refractivity contribution is 7.09. The number of carbonyl (C=O) groups is 1. The summed E-state index contributed by atoms with van der Waals surface area (Å²) < 4.78 is 10.7. The first-order chi connectivity index (χ1) is 10.8. The quantitative estimate of drug-likeness (QED) is 0.921. The molecule has 116 valence electrons. The van der Waals surface area contributed by atoms with Gasteiger partial charge in [0, 0.05) is 18.0 Å². The molecule has 0 bridgehead atoms. The van der Waals surface area contributed by atoms with Gasteiger partial charge in [-0.25, -0.2) is 4.79 Å². The minimum absolute atomic E-state index is 0.0615. The van der Waals surface area contributed by atoms with Crippen LogP contribution in [0.5, 0.6) is 11.5 Å². The van der Waals surface area contributed by atoms with E-state index in [9.17, 15) is 4.79 Å². The Hall–Kier alpha value is -2.21. The third kappa shape index (κ3) is 3.33. The first-order valence-corrected chi connectivity index (χ1v) is 8.08. The molecule has 2 heterocycles. The number of rotatable bonds is 5. The number of thiophene rings is 1. The molecule has 0 saturated heterocycles. The highest BCUT2D eigenvalue weighted by Gasteiger charge is 2.16. The molecule has 5 nitrogen and oxygen atoms in total. The van der Waals surface area contributed by atoms with Gasteiger partial charge in [-0.2, -0.15) is 0 Å². The third-order valence-electron chi connectivity index (χ3n) is 3.47. The van der Waals surface area contributed by atoms with Gasteiger partial charge in [-0.05, 0) is 36.1 Å². The van der Waals surface area contributed by atoms with Crippen LogP contribution in [0.1, 0.15) is 17.4 Å². The maximum absolute atomic E-state index is 12.3. The number of nitrogens with zero attached hydrogens (tertiary/aromatic N) is 1. The molecular weight excluding hydrogens is 300 g/mol. The maximum Gasteiger partial charge on any atom is 0.317 e. The molecule has 22 heavy (non-hydrogen) atoms. The molecule has 0 unspecified atom stereocenters. The molecule has 0 radical (unpaired) electrons. The van der Waals surface area contributed by atoms with Crippen LogP contribution in [0.4, 0.5) is 4.79 Å². The Morgan fingerprint density at radius 3 is 2.95 bits per heavy atom. The van der Waals surface area contributed by atoms with Crippen molar-refractivity contribution in [2.24, 2.45) is 0 Å². The Morgan fingerprint density at radius 1 is 1.32 bits per heavy atom. The van der Waals surface area contributed by atoms with Gasteiger partial charge in [-0.3, -0.25) is 0 Å². The molecule has 1 aliphatic heterocycles. The van der Waals surface area contributed by atoms with Crippen LogP contribution in [0.2, 0.25) is 0 Å². The summed E-state index contributed by atoms with van der Waals surface area (Å²) in [7, 11) is 0. The number of hydrogen-bond donors (Lipinski definition) is 1. The molecular formula is C16H18N2O3S. The second kappa shape index (κ2) is 6.70. The number of benzene rings is 1. The van der Waals surface area contributed by atoms with E-state index in [1.165, 1.54) is 0 Å². The number of amides is 2. The van der Waals surface area contributed by atoms with E-state index in [1.54, 1.807) is 16.2 Å². The second-order valence-electron chi connectivity index (χ2n) is 4.94. The van der Waals surface area contributed by atoms with Gasteiger partial charge in [-0.1, -0.05) is 12.1 Å². The Balaban J connectivity index is 1.60. The predicted octanol–water partition coefficient (Wildman–Crippen LogP) is 3.21. The summed E-state index contributed by atoms with van der Waals surface area (Å²) >= 11 is 1.64. The van der Waals surface area contributed by atoms with E-state index in [2.05, 4.69) is 5.32 Å². The molecule has 1 aromatic heterocycles. The van der Waals surface area contributed by atoms with Crippen molar-refractivity contribution in [3.8, 4) is 11.5 Å². The van der Waals surface area contributed by atoms with Crippen molar-refractivity contribution in [1.29, 1.82) is 0 Å². The van der Waals surface area contributed by atoms with Crippen LogP contribution >= 0.6 is 11.3 Å². The number of ether oxygens (including phenoxy) is 2. The molecule has 1 aromatic carbocycles. The highest BCUT2D eigenvalue weighted by Crippen LogP contribution is 2.32. The fourth-order valence-corrected chi connectivity index (χ4v) is 2.92. The molecule has 0 saturated carbocycles. The van der Waals surface area contributed by atoms with Crippen LogP contribution in [0.25, 0.3) is 0 Å². The summed E-state index contributed by atoms with van der Waals surface area (Å²) in [6.45, 7) is 3.98. The Labute approximate surface area is 133 Å². The van der Waals surface area contributed by atoms with Crippen LogP contribution in [0.15, 0.2) is 35.7 Å². The zero-order chi connectivity index (χ0) is 15.4. The monoisotopic (exact) mass is 318 g/mol. The van der Waals surface area contributed by atoms with Gasteiger partial charge >= 0.3 is 6.03 Å². The number of carbonyl (C=O) groups excluding carboxylic acids is 1. The van der Waals surface area contributed by atoms with E-state index in [0.717, 1.165) is 21.9 Å². The van der Waals surface area contributed by atoms with Gasteiger partial charge in [0.1, 0.15) is 0 Å². The average Bonchev–Trinajstić information content (AvgIpc) is 3.20. The molecule has 2 aromatic rings. The minimum atomic E-state index is -0.0615. The fraction of sp³-hybridized carbons (Fsp3) is 0.312. The van der Waals surface area contributed by atoms with Crippen molar-refractivity contribution >= 4 is 17.4 Å². The topological polar surface area (TPSA) is 50.8 Å². The van der Waals surface area contributed by atoms with E-state index in [-0.39, 0.29) is 12.8 Å². The normalized spacial score (nSPS) is 12.2. The zero-order valence-electron chi connectivity index (χ0n) is 12.4. The van der Waals surface area contributed by atoms with E-state index in [4.69, 9.17) is 9.47 Å². The molecule has 3 rings (SSSR count). The van der Waals surface area contributed by atoms with Crippen molar-refractivity contribution in [3.05, 3.63) is 46.2 Å². The standard InChI is InChI=1S/C16H18N2O3S/c1-2-18(16(19)17-9-13-4-3-7-22-13)10-12-5-6-14-15(8-12)21-11-20-14/h3-8H,2,9-11H2,1H3,(H,17,19). The lowest BCUT2D eigenvalue weighted by Gasteiger charge is -2.21. The first kappa shape index (κ1) is 14.7. The van der Waals surface area contributed by atoms with Crippen LogP contribution in [0.3, 0.4) is 0 Å². The largest absolute Gasteiger partial charge is 0.454 e. The summed E-state index contributed by atoms with van der Waals surface area (Å²) in [5, 5.41) is 4.96. The Bertz CT molecular complexity index is 643. The van der Waals surface area contributed by atoms with E-state index in [1.807, 2.05) is 42.6 Å². The van der Waals surface area contributed by atoms with Gasteiger partial charge in [0.25, 0.3) is 0 Å². The summed E-state index contributed by atoms with van der Waals surface area (Å²) in [5.41, 5.74) is 1.03. The average molecular weight is 318 g/mol. The maximum atomic E-state index is 12.3. The van der Waals surface area contributed by atoms with Gasteiger partial charge in [0.15, 0.2) is 11.5 Å². The second-order valence-corrected chi connectivity index (χ2v) is 5.97. The van der Waals surface area contributed by atoms with Crippen LogP contribution in [-0.4, -0.2) is 24.3 Å². The molecule has 1 aliphatic rings. The Morgan fingerprint density at radius 2 is 2.18 bits per heavy atom. The van der Waals surface area contributed by atoms with Gasteiger partial charge in [-0.15, -0.1) is 11.3 Å². The van der Waals surface area contributed by atoms with Gasteiger partial charge < -0.3 is 19.7 Å². The minimum Gasteiger partial charge on any atom is -0.454 e. The summed E-state index contributed by atoms with van der Waals surface area (Å²) in [6, 6.07) is 9.71. The summed E-state index contributed by atoms with van der Waals surface area (Å²) in [5.74, 6) is 1.50. The van der Waals surface area contributed by atoms with Crippen molar-refractivity contribution < 1.29 is 14.3 Å². The molecule has 0 atom stereocenters. The van der Waals surface area contributed by atoms with E-state index < -0.39 is 0 Å². The summed E-state index contributed by atoms with van der Waals surface area (Å²) in [4.78, 5) is 15.2. The predicted molar refractivity (Wildman–Crippen MR) is 85.2 cm³/mol. The van der Waals surface area contributed by atoms with Crippen molar-refractivity contribution in [3.63, 3.8) is 0 Å². The third-order valence-corrected chi connectivity index (χ3v) is 4.35. The van der Waals surface area contributed by atoms with Gasteiger partial charge in [0.05, 0.1) is 6.54 Å². The molecule has 6 heteroatoms. The lowest BCUT2D eigenvalue weighted by Crippen LogP contribution is -2.38. The molecule has 0 fully saturated rings. The van der Waals surface area contributed by atoms with E-state index in [0.29, 0.717) is 19.6 Å². The number of urea groups is 1. The molecule has 0 aliphatic carbocycles. The smallest absolute Gasteiger partial charge is 0.317 e. The number of nitrogens with one attached hydrogen (secondary N) is 1. The number of fused-ring (bicyclic) bond motifs is 1.